The van der Waals surface area contributed by atoms with Crippen molar-refractivity contribution in [3.8, 4) is 11.5 Å². The lowest BCUT2D eigenvalue weighted by molar-refractivity contribution is 0.0601. The molecule has 5 nitrogen and oxygen atoms in total. The molecule has 100 valence electrons. The number of amides is 1. The minimum absolute atomic E-state index is 0.129. The summed E-state index contributed by atoms with van der Waals surface area (Å²) in [7, 11) is 0. The van der Waals surface area contributed by atoms with E-state index in [0.717, 1.165) is 24.8 Å². The summed E-state index contributed by atoms with van der Waals surface area (Å²) in [6.45, 7) is 0.205. The number of rotatable bonds is 0. The highest BCUT2D eigenvalue weighted by molar-refractivity contribution is 5.98. The number of hydrogen-bond donors (Lipinski definition) is 2. The maximum Gasteiger partial charge on any atom is 0.252 e. The lowest BCUT2D eigenvalue weighted by Gasteiger charge is -2.40. The van der Waals surface area contributed by atoms with Crippen molar-refractivity contribution >= 4 is 5.91 Å². The van der Waals surface area contributed by atoms with Crippen LogP contribution in [0.2, 0.25) is 0 Å². The molecule has 0 spiro atoms. The quantitative estimate of drug-likeness (QED) is 0.735. The highest BCUT2D eigenvalue weighted by Crippen LogP contribution is 2.43. The molecule has 19 heavy (non-hydrogen) atoms. The molecule has 3 atom stereocenters. The Morgan fingerprint density at radius 3 is 2.84 bits per heavy atom. The largest absolute Gasteiger partial charge is 0.454 e. The average Bonchev–Trinajstić information content (AvgIpc) is 2.86. The van der Waals surface area contributed by atoms with Crippen LogP contribution < -0.4 is 14.8 Å². The highest BCUT2D eigenvalue weighted by atomic mass is 16.7. The highest BCUT2D eigenvalue weighted by Gasteiger charge is 2.40. The summed E-state index contributed by atoms with van der Waals surface area (Å²) >= 11 is 0. The van der Waals surface area contributed by atoms with Crippen molar-refractivity contribution < 1.29 is 19.4 Å². The van der Waals surface area contributed by atoms with Gasteiger partial charge < -0.3 is 19.9 Å². The van der Waals surface area contributed by atoms with Gasteiger partial charge in [-0.1, -0.05) is 6.42 Å². The second-order valence-corrected chi connectivity index (χ2v) is 5.40. The van der Waals surface area contributed by atoms with Crippen molar-refractivity contribution in [2.75, 3.05) is 6.79 Å². The van der Waals surface area contributed by atoms with Crippen molar-refractivity contribution in [1.29, 1.82) is 0 Å². The Bertz CT molecular complexity index is 557. The molecule has 4 rings (SSSR count). The second-order valence-electron chi connectivity index (χ2n) is 5.40. The number of ether oxygens (including phenoxy) is 2. The van der Waals surface area contributed by atoms with Gasteiger partial charge in [-0.2, -0.15) is 0 Å². The van der Waals surface area contributed by atoms with E-state index in [2.05, 4.69) is 5.32 Å². The van der Waals surface area contributed by atoms with Crippen molar-refractivity contribution in [3.05, 3.63) is 23.3 Å². The molecule has 5 heteroatoms. The van der Waals surface area contributed by atoms with Crippen molar-refractivity contribution in [2.24, 2.45) is 0 Å². The van der Waals surface area contributed by atoms with E-state index in [9.17, 15) is 9.90 Å². The second kappa shape index (κ2) is 3.87. The van der Waals surface area contributed by atoms with Crippen LogP contribution in [0.3, 0.4) is 0 Å². The van der Waals surface area contributed by atoms with Gasteiger partial charge in [0.25, 0.3) is 5.91 Å². The molecule has 2 heterocycles. The van der Waals surface area contributed by atoms with E-state index in [1.54, 1.807) is 6.07 Å². The number of carbonyl (C=O) groups is 1. The molecule has 0 bridgehead atoms. The zero-order valence-electron chi connectivity index (χ0n) is 10.4. The van der Waals surface area contributed by atoms with Crippen LogP contribution in [0.25, 0.3) is 0 Å². The fraction of sp³-hybridized carbons (Fsp3) is 0.500. The van der Waals surface area contributed by atoms with E-state index >= 15 is 0 Å². The zero-order chi connectivity index (χ0) is 13.0. The molecule has 3 aliphatic rings. The van der Waals surface area contributed by atoms with E-state index in [1.807, 2.05) is 6.07 Å². The summed E-state index contributed by atoms with van der Waals surface area (Å²) in [5.74, 6) is 1.37. The Morgan fingerprint density at radius 1 is 1.21 bits per heavy atom. The first-order valence-corrected chi connectivity index (χ1v) is 6.66. The number of aliphatic hydroxyl groups is 1. The van der Waals surface area contributed by atoms with E-state index < -0.39 is 6.10 Å². The van der Waals surface area contributed by atoms with Gasteiger partial charge in [0.05, 0.1) is 12.1 Å². The summed E-state index contributed by atoms with van der Waals surface area (Å²) in [6.07, 6.45) is 2.25. The fourth-order valence-corrected chi connectivity index (χ4v) is 3.41. The Labute approximate surface area is 110 Å². The molecule has 1 saturated carbocycles. The number of carbonyl (C=O) groups excluding carboxylic acids is 1. The summed E-state index contributed by atoms with van der Waals surface area (Å²) in [6, 6.07) is 3.49. The Morgan fingerprint density at radius 2 is 2.00 bits per heavy atom. The lowest BCUT2D eigenvalue weighted by Crippen LogP contribution is -2.52. The van der Waals surface area contributed by atoms with Gasteiger partial charge in [-0.15, -0.1) is 0 Å². The third kappa shape index (κ3) is 1.54. The van der Waals surface area contributed by atoms with Gasteiger partial charge in [-0.25, -0.2) is 0 Å². The van der Waals surface area contributed by atoms with Crippen LogP contribution >= 0.6 is 0 Å². The maximum atomic E-state index is 12.2. The van der Waals surface area contributed by atoms with Crippen LogP contribution in [-0.2, 0) is 0 Å². The number of fused-ring (bicyclic) bond motifs is 4. The minimum Gasteiger partial charge on any atom is -0.454 e. The zero-order valence-corrected chi connectivity index (χ0v) is 10.4. The molecule has 1 aromatic carbocycles. The summed E-state index contributed by atoms with van der Waals surface area (Å²) < 4.78 is 10.7. The number of aliphatic hydroxyl groups excluding tert-OH is 1. The van der Waals surface area contributed by atoms with Gasteiger partial charge >= 0.3 is 0 Å². The maximum absolute atomic E-state index is 12.2. The van der Waals surface area contributed by atoms with E-state index in [0.29, 0.717) is 17.1 Å². The first kappa shape index (κ1) is 11.1. The molecule has 1 amide bonds. The molecule has 1 aromatic rings. The number of nitrogens with one attached hydrogen (secondary N) is 1. The number of hydrogen-bond acceptors (Lipinski definition) is 4. The third-order valence-electron chi connectivity index (χ3n) is 4.35. The van der Waals surface area contributed by atoms with Crippen molar-refractivity contribution in [2.45, 2.75) is 37.3 Å². The lowest BCUT2D eigenvalue weighted by atomic mass is 9.74. The third-order valence-corrected chi connectivity index (χ3v) is 4.35. The normalized spacial score (nSPS) is 31.4. The van der Waals surface area contributed by atoms with Crippen LogP contribution in [0.5, 0.6) is 11.5 Å². The fourth-order valence-electron chi connectivity index (χ4n) is 3.41. The summed E-state index contributed by atoms with van der Waals surface area (Å²) in [4.78, 5) is 12.2. The predicted octanol–water partition coefficient (Wildman–Crippen LogP) is 1.16. The predicted molar refractivity (Wildman–Crippen MR) is 66.4 cm³/mol. The van der Waals surface area contributed by atoms with Gasteiger partial charge in [0.1, 0.15) is 0 Å². The molecule has 2 N–H and O–H groups in total. The standard InChI is InChI=1S/C14H15NO4/c16-10-3-1-2-7-8-4-11-12(19-6-18-11)5-9(8)14(17)15-13(7)10/h4-5,7,10,13,16H,1-3,6H2,(H,15,17)/t7-,10-,13-/m1/s1. The van der Waals surface area contributed by atoms with Crippen LogP contribution in [-0.4, -0.2) is 30.0 Å². The number of benzene rings is 1. The monoisotopic (exact) mass is 261 g/mol. The molecular weight excluding hydrogens is 246 g/mol. The van der Waals surface area contributed by atoms with Gasteiger partial charge in [-0.3, -0.25) is 4.79 Å². The SMILES string of the molecule is O=C1N[C@H]2[C@H](O)CCC[C@@H]2c2cc3c(cc21)OCO3. The van der Waals surface area contributed by atoms with Crippen LogP contribution in [0, 0.1) is 0 Å². The molecule has 0 aromatic heterocycles. The summed E-state index contributed by atoms with van der Waals surface area (Å²) in [5, 5.41) is 13.0. The van der Waals surface area contributed by atoms with E-state index in [4.69, 9.17) is 9.47 Å². The first-order valence-electron chi connectivity index (χ1n) is 6.66. The van der Waals surface area contributed by atoms with Gasteiger partial charge in [0, 0.05) is 11.5 Å². The van der Waals surface area contributed by atoms with E-state index in [1.165, 1.54) is 0 Å². The molecule has 2 aliphatic heterocycles. The Kier molecular flexibility index (Phi) is 2.26. The van der Waals surface area contributed by atoms with Crippen LogP contribution in [0.15, 0.2) is 12.1 Å². The molecule has 1 aliphatic carbocycles. The van der Waals surface area contributed by atoms with Crippen molar-refractivity contribution in [1.82, 2.24) is 5.32 Å². The van der Waals surface area contributed by atoms with Crippen molar-refractivity contribution in [3.63, 3.8) is 0 Å². The topological polar surface area (TPSA) is 67.8 Å². The molecule has 0 unspecified atom stereocenters. The van der Waals surface area contributed by atoms with E-state index in [-0.39, 0.29) is 24.7 Å². The van der Waals surface area contributed by atoms with Gasteiger partial charge in [-0.05, 0) is 30.5 Å². The first-order chi connectivity index (χ1) is 9.24. The Balaban J connectivity index is 1.84. The van der Waals surface area contributed by atoms with Crippen LogP contribution in [0.1, 0.15) is 41.1 Å². The molecule has 0 radical (unpaired) electrons. The van der Waals surface area contributed by atoms with Gasteiger partial charge in [0.15, 0.2) is 11.5 Å². The molecule has 0 saturated heterocycles. The van der Waals surface area contributed by atoms with Gasteiger partial charge in [0.2, 0.25) is 6.79 Å². The Hall–Kier alpha value is -1.75. The molecular formula is C14H15NO4. The minimum atomic E-state index is -0.457. The van der Waals surface area contributed by atoms with Crippen LogP contribution in [0.4, 0.5) is 0 Å². The molecule has 1 fully saturated rings. The average molecular weight is 261 g/mol. The summed E-state index contributed by atoms with van der Waals surface area (Å²) in [5.41, 5.74) is 1.64. The smallest absolute Gasteiger partial charge is 0.252 e.